The second-order valence-electron chi connectivity index (χ2n) is 6.52. The molecule has 1 aliphatic heterocycles. The minimum absolute atomic E-state index is 1.27. The summed E-state index contributed by atoms with van der Waals surface area (Å²) in [6.45, 7) is 9.46. The van der Waals surface area contributed by atoms with Crippen molar-refractivity contribution >= 4 is 18.5 Å². The highest BCUT2D eigenvalue weighted by Gasteiger charge is 2.44. The largest absolute Gasteiger partial charge is 0.119 e. The van der Waals surface area contributed by atoms with Crippen LogP contribution in [0.2, 0.25) is 12.1 Å². The van der Waals surface area contributed by atoms with Crippen molar-refractivity contribution in [2.45, 2.75) is 39.8 Å². The van der Waals surface area contributed by atoms with E-state index < -0.39 is 8.07 Å². The zero-order valence-corrected chi connectivity index (χ0v) is 15.7. The first kappa shape index (κ1) is 16.0. The molecule has 3 rings (SSSR count). The number of benzene rings is 2. The Morgan fingerprint density at radius 3 is 1.26 bits per heavy atom. The summed E-state index contributed by atoms with van der Waals surface area (Å²) in [6.07, 6.45) is 0. The van der Waals surface area contributed by atoms with Crippen LogP contribution in [-0.2, 0) is 0 Å². The first-order valence-corrected chi connectivity index (χ1v) is 11.1. The van der Waals surface area contributed by atoms with Crippen LogP contribution in [-0.4, -0.2) is 8.07 Å². The quantitative estimate of drug-likeness (QED) is 0.563. The average molecular weight is 319 g/mol. The average Bonchev–Trinajstić information content (AvgIpc) is 2.84. The van der Waals surface area contributed by atoms with Gasteiger partial charge in [-0.05, 0) is 46.5 Å². The third-order valence-electron chi connectivity index (χ3n) is 5.60. The van der Waals surface area contributed by atoms with Gasteiger partial charge in [-0.1, -0.05) is 86.6 Å². The molecular formula is C22H26Si. The summed E-state index contributed by atoms with van der Waals surface area (Å²) in [5.74, 6) is 0. The van der Waals surface area contributed by atoms with E-state index in [1.807, 2.05) is 0 Å². The summed E-state index contributed by atoms with van der Waals surface area (Å²) in [5, 5.41) is 3.33. The van der Waals surface area contributed by atoms with Crippen LogP contribution in [0.15, 0.2) is 71.8 Å². The van der Waals surface area contributed by atoms with E-state index in [4.69, 9.17) is 0 Å². The molecule has 0 fully saturated rings. The molecule has 0 spiro atoms. The summed E-state index contributed by atoms with van der Waals surface area (Å²) < 4.78 is 0. The molecule has 0 atom stereocenters. The number of allylic oxidation sites excluding steroid dienone is 2. The lowest BCUT2D eigenvalue weighted by atomic mass is 10.0. The summed E-state index contributed by atoms with van der Waals surface area (Å²) in [4.78, 5) is 0. The van der Waals surface area contributed by atoms with Crippen molar-refractivity contribution in [3.63, 3.8) is 0 Å². The van der Waals surface area contributed by atoms with Crippen molar-refractivity contribution in [2.75, 3.05) is 0 Å². The Balaban J connectivity index is 2.25. The zero-order valence-electron chi connectivity index (χ0n) is 14.7. The number of rotatable bonds is 4. The van der Waals surface area contributed by atoms with Crippen LogP contribution in [0.3, 0.4) is 0 Å². The fraction of sp³-hybridized carbons (Fsp3) is 0.273. The van der Waals surface area contributed by atoms with Crippen molar-refractivity contribution in [1.29, 1.82) is 0 Å². The third kappa shape index (κ3) is 2.44. The van der Waals surface area contributed by atoms with Crippen LogP contribution in [0.5, 0.6) is 0 Å². The van der Waals surface area contributed by atoms with E-state index in [2.05, 4.69) is 88.4 Å². The maximum atomic E-state index is 2.40. The van der Waals surface area contributed by atoms with E-state index in [1.54, 1.807) is 10.4 Å². The summed E-state index contributed by atoms with van der Waals surface area (Å²) in [7, 11) is -1.69. The number of hydrogen-bond donors (Lipinski definition) is 0. The Bertz CT molecular complexity index is 684. The summed E-state index contributed by atoms with van der Waals surface area (Å²) in [5.41, 5.74) is 5.91. The predicted molar refractivity (Wildman–Crippen MR) is 105 cm³/mol. The van der Waals surface area contributed by atoms with Crippen LogP contribution in [0.1, 0.15) is 38.8 Å². The Kier molecular flexibility index (Phi) is 4.41. The fourth-order valence-corrected chi connectivity index (χ4v) is 9.78. The molecule has 0 saturated carbocycles. The summed E-state index contributed by atoms with van der Waals surface area (Å²) >= 11 is 0. The Labute approximate surface area is 141 Å². The Hall–Kier alpha value is -1.86. The van der Waals surface area contributed by atoms with E-state index in [0.29, 0.717) is 0 Å². The van der Waals surface area contributed by atoms with Gasteiger partial charge >= 0.3 is 0 Å². The van der Waals surface area contributed by atoms with Gasteiger partial charge in [-0.3, -0.25) is 0 Å². The first-order chi connectivity index (χ1) is 11.2. The lowest BCUT2D eigenvalue weighted by Gasteiger charge is -2.32. The standard InChI is InChI=1S/C22H26Si/c1-5-23(6-2)21(19-13-9-7-10-14-19)17(3)18(4)22(23)20-15-11-8-12-16-20/h7-16H,5-6H2,1-4H3. The highest BCUT2D eigenvalue weighted by Crippen LogP contribution is 2.51. The van der Waals surface area contributed by atoms with Crippen LogP contribution < -0.4 is 0 Å². The molecule has 23 heavy (non-hydrogen) atoms. The van der Waals surface area contributed by atoms with Crippen LogP contribution in [0, 0.1) is 0 Å². The molecule has 0 aliphatic carbocycles. The van der Waals surface area contributed by atoms with E-state index in [1.165, 1.54) is 34.4 Å². The van der Waals surface area contributed by atoms with Crippen molar-refractivity contribution in [3.8, 4) is 0 Å². The Morgan fingerprint density at radius 1 is 0.609 bits per heavy atom. The molecule has 0 saturated heterocycles. The fourth-order valence-electron chi connectivity index (χ4n) is 4.37. The molecule has 1 aliphatic rings. The maximum Gasteiger partial charge on any atom is 0.119 e. The molecule has 118 valence electrons. The van der Waals surface area contributed by atoms with Crippen molar-refractivity contribution in [2.24, 2.45) is 0 Å². The number of hydrogen-bond acceptors (Lipinski definition) is 0. The van der Waals surface area contributed by atoms with Crippen LogP contribution in [0.4, 0.5) is 0 Å². The van der Waals surface area contributed by atoms with Gasteiger partial charge in [0.15, 0.2) is 0 Å². The third-order valence-corrected chi connectivity index (χ3v) is 11.3. The molecule has 1 heterocycles. The predicted octanol–water partition coefficient (Wildman–Crippen LogP) is 6.51. The molecule has 2 aromatic carbocycles. The van der Waals surface area contributed by atoms with Gasteiger partial charge in [-0.15, -0.1) is 0 Å². The molecule has 0 radical (unpaired) electrons. The van der Waals surface area contributed by atoms with Gasteiger partial charge in [0.05, 0.1) is 0 Å². The van der Waals surface area contributed by atoms with Crippen molar-refractivity contribution < 1.29 is 0 Å². The second-order valence-corrected chi connectivity index (χ2v) is 11.1. The monoisotopic (exact) mass is 318 g/mol. The van der Waals surface area contributed by atoms with Gasteiger partial charge in [-0.2, -0.15) is 0 Å². The van der Waals surface area contributed by atoms with Crippen molar-refractivity contribution in [1.82, 2.24) is 0 Å². The van der Waals surface area contributed by atoms with Gasteiger partial charge in [0, 0.05) is 0 Å². The first-order valence-electron chi connectivity index (χ1n) is 8.69. The van der Waals surface area contributed by atoms with Gasteiger partial charge in [-0.25, -0.2) is 0 Å². The minimum atomic E-state index is -1.69. The van der Waals surface area contributed by atoms with E-state index >= 15 is 0 Å². The highest BCUT2D eigenvalue weighted by molar-refractivity contribution is 7.11. The van der Waals surface area contributed by atoms with Crippen molar-refractivity contribution in [3.05, 3.63) is 82.9 Å². The summed E-state index contributed by atoms with van der Waals surface area (Å²) in [6, 6.07) is 24.7. The molecule has 0 bridgehead atoms. The minimum Gasteiger partial charge on any atom is -0.0672 e. The SMILES string of the molecule is CC[Si]1(CC)C(c2ccccc2)=C(C)C(C)=C1c1ccccc1. The Morgan fingerprint density at radius 2 is 0.957 bits per heavy atom. The highest BCUT2D eigenvalue weighted by atomic mass is 28.3. The topological polar surface area (TPSA) is 0 Å². The molecule has 1 heteroatoms. The zero-order chi connectivity index (χ0) is 16.4. The molecular weight excluding hydrogens is 292 g/mol. The molecule has 0 N–H and O–H groups in total. The lowest BCUT2D eigenvalue weighted by molar-refractivity contribution is 1.29. The molecule has 0 nitrogen and oxygen atoms in total. The van der Waals surface area contributed by atoms with Gasteiger partial charge in [0.25, 0.3) is 0 Å². The van der Waals surface area contributed by atoms with Crippen LogP contribution in [0.25, 0.3) is 10.4 Å². The molecule has 0 unspecified atom stereocenters. The second kappa shape index (κ2) is 6.33. The van der Waals surface area contributed by atoms with Crippen LogP contribution >= 0.6 is 0 Å². The van der Waals surface area contributed by atoms with E-state index in [0.717, 1.165) is 0 Å². The molecule has 2 aromatic rings. The normalized spacial score (nSPS) is 17.0. The van der Waals surface area contributed by atoms with E-state index in [-0.39, 0.29) is 0 Å². The van der Waals surface area contributed by atoms with Gasteiger partial charge < -0.3 is 0 Å². The molecule has 0 aromatic heterocycles. The van der Waals surface area contributed by atoms with Gasteiger partial charge in [0.2, 0.25) is 0 Å². The molecule has 0 amide bonds. The smallest absolute Gasteiger partial charge is 0.0672 e. The van der Waals surface area contributed by atoms with Gasteiger partial charge in [0.1, 0.15) is 8.07 Å². The maximum absolute atomic E-state index is 2.40. The lowest BCUT2D eigenvalue weighted by Crippen LogP contribution is -2.35. The van der Waals surface area contributed by atoms with E-state index in [9.17, 15) is 0 Å².